The van der Waals surface area contributed by atoms with Gasteiger partial charge in [0.1, 0.15) is 0 Å². The summed E-state index contributed by atoms with van der Waals surface area (Å²) in [4.78, 5) is 4.32. The van der Waals surface area contributed by atoms with Gasteiger partial charge >= 0.3 is 0 Å². The van der Waals surface area contributed by atoms with E-state index in [1.807, 2.05) is 25.1 Å². The minimum absolute atomic E-state index is 0.616. The maximum atomic E-state index is 4.32. The number of aromatic nitrogens is 3. The lowest BCUT2D eigenvalue weighted by molar-refractivity contribution is 0.914. The number of pyridine rings is 1. The van der Waals surface area contributed by atoms with Crippen LogP contribution in [0.15, 0.2) is 29.3 Å². The summed E-state index contributed by atoms with van der Waals surface area (Å²) >= 11 is 3.27. The highest BCUT2D eigenvalue weighted by molar-refractivity contribution is 9.11. The van der Waals surface area contributed by atoms with Gasteiger partial charge in [0.25, 0.3) is 0 Å². The first-order chi connectivity index (χ1) is 7.16. The molecule has 0 aromatic carbocycles. The van der Waals surface area contributed by atoms with Crippen molar-refractivity contribution in [2.24, 2.45) is 0 Å². The van der Waals surface area contributed by atoms with Crippen molar-refractivity contribution in [2.45, 2.75) is 6.92 Å². The van der Waals surface area contributed by atoms with Gasteiger partial charge in [-0.1, -0.05) is 28.6 Å². The van der Waals surface area contributed by atoms with Gasteiger partial charge in [-0.05, 0) is 19.1 Å². The Bertz CT molecular complexity index is 503. The monoisotopic (exact) mass is 266 g/mol. The molecule has 78 valence electrons. The Labute approximate surface area is 96.1 Å². The number of anilines is 1. The molecule has 15 heavy (non-hydrogen) atoms. The van der Waals surface area contributed by atoms with Gasteiger partial charge in [-0.2, -0.15) is 4.98 Å². The van der Waals surface area contributed by atoms with E-state index in [-0.39, 0.29) is 0 Å². The van der Waals surface area contributed by atoms with Crippen molar-refractivity contribution in [3.05, 3.63) is 35.0 Å². The Morgan fingerprint density at radius 1 is 1.60 bits per heavy atom. The summed E-state index contributed by atoms with van der Waals surface area (Å²) in [5, 5.41) is 7.39. The SMILES string of the molecule is C=C(Br)CNc1nc2cccc(C)n2n1. The third kappa shape index (κ3) is 2.18. The standard InChI is InChI=1S/C10H11BrN4/c1-7(11)6-12-10-13-9-5-3-4-8(2)15(9)14-10/h3-5H,1,6H2,2H3,(H,12,14). The van der Waals surface area contributed by atoms with E-state index in [0.717, 1.165) is 15.8 Å². The van der Waals surface area contributed by atoms with Crippen LogP contribution in [-0.2, 0) is 0 Å². The van der Waals surface area contributed by atoms with E-state index in [1.165, 1.54) is 0 Å². The molecule has 2 aromatic heterocycles. The van der Waals surface area contributed by atoms with Crippen molar-refractivity contribution in [1.29, 1.82) is 0 Å². The molecule has 0 radical (unpaired) electrons. The zero-order valence-corrected chi connectivity index (χ0v) is 9.95. The van der Waals surface area contributed by atoms with Crippen LogP contribution < -0.4 is 5.32 Å². The van der Waals surface area contributed by atoms with Gasteiger partial charge in [-0.15, -0.1) is 5.10 Å². The Morgan fingerprint density at radius 3 is 3.07 bits per heavy atom. The van der Waals surface area contributed by atoms with Crippen molar-refractivity contribution in [1.82, 2.24) is 14.6 Å². The molecule has 0 spiro atoms. The largest absolute Gasteiger partial charge is 0.348 e. The quantitative estimate of drug-likeness (QED) is 0.928. The molecular formula is C10H11BrN4. The maximum absolute atomic E-state index is 4.32. The zero-order valence-electron chi connectivity index (χ0n) is 8.37. The highest BCUT2D eigenvalue weighted by Gasteiger charge is 2.03. The molecule has 2 heterocycles. The fraction of sp³-hybridized carbons (Fsp3) is 0.200. The topological polar surface area (TPSA) is 42.2 Å². The number of aryl methyl sites for hydroxylation is 1. The number of nitrogens with one attached hydrogen (secondary N) is 1. The minimum Gasteiger partial charge on any atom is -0.348 e. The van der Waals surface area contributed by atoms with Crippen LogP contribution in [0.3, 0.4) is 0 Å². The first-order valence-corrected chi connectivity index (χ1v) is 5.35. The Kier molecular flexibility index (Phi) is 2.73. The second kappa shape index (κ2) is 4.02. The first kappa shape index (κ1) is 10.2. The molecule has 0 bridgehead atoms. The summed E-state index contributed by atoms with van der Waals surface area (Å²) < 4.78 is 2.68. The number of fused-ring (bicyclic) bond motifs is 1. The zero-order chi connectivity index (χ0) is 10.8. The van der Waals surface area contributed by atoms with E-state index in [9.17, 15) is 0 Å². The van der Waals surface area contributed by atoms with Gasteiger partial charge in [0, 0.05) is 16.7 Å². The summed E-state index contributed by atoms with van der Waals surface area (Å²) in [5.74, 6) is 0.616. The van der Waals surface area contributed by atoms with E-state index in [1.54, 1.807) is 4.52 Å². The maximum Gasteiger partial charge on any atom is 0.243 e. The van der Waals surface area contributed by atoms with E-state index in [0.29, 0.717) is 12.5 Å². The lowest BCUT2D eigenvalue weighted by Crippen LogP contribution is -2.02. The summed E-state index contributed by atoms with van der Waals surface area (Å²) in [5.41, 5.74) is 1.91. The van der Waals surface area contributed by atoms with Crippen LogP contribution in [0, 0.1) is 6.92 Å². The third-order valence-electron chi connectivity index (χ3n) is 1.99. The smallest absolute Gasteiger partial charge is 0.243 e. The summed E-state index contributed by atoms with van der Waals surface area (Å²) in [6.45, 7) is 6.35. The molecule has 5 heteroatoms. The lowest BCUT2D eigenvalue weighted by atomic mass is 10.4. The number of halogens is 1. The van der Waals surface area contributed by atoms with Crippen molar-refractivity contribution in [3.63, 3.8) is 0 Å². The van der Waals surface area contributed by atoms with Crippen molar-refractivity contribution >= 4 is 27.5 Å². The minimum atomic E-state index is 0.616. The fourth-order valence-electron chi connectivity index (χ4n) is 1.29. The van der Waals surface area contributed by atoms with E-state index < -0.39 is 0 Å². The molecule has 0 aliphatic heterocycles. The molecule has 1 N–H and O–H groups in total. The highest BCUT2D eigenvalue weighted by atomic mass is 79.9. The van der Waals surface area contributed by atoms with Crippen LogP contribution in [0.25, 0.3) is 5.65 Å². The predicted molar refractivity (Wildman–Crippen MR) is 64.3 cm³/mol. The predicted octanol–water partition coefficient (Wildman–Crippen LogP) is 2.36. The van der Waals surface area contributed by atoms with Crippen LogP contribution in [0.1, 0.15) is 5.69 Å². The summed E-state index contributed by atoms with van der Waals surface area (Å²) in [6.07, 6.45) is 0. The van der Waals surface area contributed by atoms with Crippen LogP contribution in [0.2, 0.25) is 0 Å². The molecule has 2 rings (SSSR count). The second-order valence-electron chi connectivity index (χ2n) is 3.24. The second-order valence-corrected chi connectivity index (χ2v) is 4.36. The lowest BCUT2D eigenvalue weighted by Gasteiger charge is -1.97. The van der Waals surface area contributed by atoms with Gasteiger partial charge in [0.15, 0.2) is 5.65 Å². The average Bonchev–Trinajstić information content (AvgIpc) is 2.59. The fourth-order valence-corrected chi connectivity index (χ4v) is 1.43. The molecule has 2 aromatic rings. The molecular weight excluding hydrogens is 256 g/mol. The van der Waals surface area contributed by atoms with Gasteiger partial charge in [-0.3, -0.25) is 0 Å². The molecule has 0 unspecified atom stereocenters. The average molecular weight is 267 g/mol. The Hall–Kier alpha value is -1.36. The first-order valence-electron chi connectivity index (χ1n) is 4.56. The summed E-state index contributed by atoms with van der Waals surface area (Å²) in [6, 6.07) is 5.88. The van der Waals surface area contributed by atoms with Gasteiger partial charge in [-0.25, -0.2) is 4.52 Å². The Balaban J connectivity index is 2.31. The van der Waals surface area contributed by atoms with Gasteiger partial charge in [0.05, 0.1) is 0 Å². The highest BCUT2D eigenvalue weighted by Crippen LogP contribution is 2.09. The number of nitrogens with zero attached hydrogens (tertiary/aromatic N) is 3. The third-order valence-corrected chi connectivity index (χ3v) is 2.27. The number of rotatable bonds is 3. The Morgan fingerprint density at radius 2 is 2.40 bits per heavy atom. The molecule has 4 nitrogen and oxygen atoms in total. The van der Waals surface area contributed by atoms with Crippen LogP contribution in [0.5, 0.6) is 0 Å². The molecule has 0 atom stereocenters. The van der Waals surface area contributed by atoms with E-state index in [4.69, 9.17) is 0 Å². The van der Waals surface area contributed by atoms with E-state index in [2.05, 4.69) is 37.9 Å². The number of hydrogen-bond donors (Lipinski definition) is 1. The molecule has 0 saturated heterocycles. The normalized spacial score (nSPS) is 10.5. The van der Waals surface area contributed by atoms with Gasteiger partial charge < -0.3 is 5.32 Å². The van der Waals surface area contributed by atoms with E-state index >= 15 is 0 Å². The molecule has 0 aliphatic rings. The molecule has 0 amide bonds. The van der Waals surface area contributed by atoms with Crippen LogP contribution in [-0.4, -0.2) is 21.1 Å². The summed E-state index contributed by atoms with van der Waals surface area (Å²) in [7, 11) is 0. The molecule has 0 fully saturated rings. The van der Waals surface area contributed by atoms with Crippen LogP contribution in [0.4, 0.5) is 5.95 Å². The molecule has 0 saturated carbocycles. The number of hydrogen-bond acceptors (Lipinski definition) is 3. The van der Waals surface area contributed by atoms with Crippen molar-refractivity contribution < 1.29 is 0 Å². The van der Waals surface area contributed by atoms with Crippen LogP contribution >= 0.6 is 15.9 Å². The van der Waals surface area contributed by atoms with Crippen molar-refractivity contribution in [3.8, 4) is 0 Å². The molecule has 0 aliphatic carbocycles. The van der Waals surface area contributed by atoms with Crippen molar-refractivity contribution in [2.75, 3.05) is 11.9 Å². The van der Waals surface area contributed by atoms with Gasteiger partial charge in [0.2, 0.25) is 5.95 Å².